The Bertz CT molecular complexity index is 948. The number of pyridine rings is 2. The van der Waals surface area contributed by atoms with Crippen molar-refractivity contribution >= 4 is 28.8 Å². The van der Waals surface area contributed by atoms with E-state index in [1.54, 1.807) is 12.3 Å². The largest absolute Gasteiger partial charge is 0.466 e. The molecule has 24 heavy (non-hydrogen) atoms. The Morgan fingerprint density at radius 3 is 2.79 bits per heavy atom. The summed E-state index contributed by atoms with van der Waals surface area (Å²) in [4.78, 5) is 20.1. The molecule has 5 heteroatoms. The topological polar surface area (TPSA) is 78.1 Å². The number of methoxy groups -OCH3 is 1. The molecule has 0 radical (unpaired) electrons. The van der Waals surface area contributed by atoms with Crippen molar-refractivity contribution in [3.05, 3.63) is 59.8 Å². The molecule has 120 valence electrons. The second kappa shape index (κ2) is 6.50. The van der Waals surface area contributed by atoms with E-state index in [0.29, 0.717) is 16.9 Å². The second-order valence-corrected chi connectivity index (χ2v) is 5.40. The van der Waals surface area contributed by atoms with Crippen molar-refractivity contribution in [2.24, 2.45) is 0 Å². The van der Waals surface area contributed by atoms with Gasteiger partial charge in [0.25, 0.3) is 0 Å². The summed E-state index contributed by atoms with van der Waals surface area (Å²) in [5, 5.41) is 0.905. The molecule has 0 spiro atoms. The summed E-state index contributed by atoms with van der Waals surface area (Å²) in [6.45, 7) is 2.05. The average molecular weight is 319 g/mol. The van der Waals surface area contributed by atoms with Crippen LogP contribution < -0.4 is 5.73 Å². The first-order chi connectivity index (χ1) is 11.6. The van der Waals surface area contributed by atoms with E-state index in [1.807, 2.05) is 43.3 Å². The van der Waals surface area contributed by atoms with E-state index in [1.165, 1.54) is 13.2 Å². The third kappa shape index (κ3) is 3.10. The van der Waals surface area contributed by atoms with E-state index in [-0.39, 0.29) is 0 Å². The molecule has 0 saturated heterocycles. The molecule has 0 amide bonds. The predicted octanol–water partition coefficient (Wildman–Crippen LogP) is 3.37. The molecule has 3 rings (SSSR count). The van der Waals surface area contributed by atoms with Crippen LogP contribution in [0, 0.1) is 6.92 Å². The molecule has 2 N–H and O–H groups in total. The fraction of sp³-hybridized carbons (Fsp3) is 0.105. The number of hydrogen-bond acceptors (Lipinski definition) is 5. The lowest BCUT2D eigenvalue weighted by molar-refractivity contribution is -0.134. The first-order valence-corrected chi connectivity index (χ1v) is 7.47. The van der Waals surface area contributed by atoms with Crippen LogP contribution in [-0.2, 0) is 9.53 Å². The monoisotopic (exact) mass is 319 g/mol. The van der Waals surface area contributed by atoms with Crippen molar-refractivity contribution in [1.29, 1.82) is 0 Å². The summed E-state index contributed by atoms with van der Waals surface area (Å²) in [7, 11) is 1.33. The van der Waals surface area contributed by atoms with Gasteiger partial charge in [0.2, 0.25) is 0 Å². The summed E-state index contributed by atoms with van der Waals surface area (Å²) >= 11 is 0. The van der Waals surface area contributed by atoms with Crippen LogP contribution in [0.1, 0.15) is 11.1 Å². The van der Waals surface area contributed by atoms with E-state index < -0.39 is 5.97 Å². The van der Waals surface area contributed by atoms with Crippen molar-refractivity contribution in [1.82, 2.24) is 9.97 Å². The third-order valence-electron chi connectivity index (χ3n) is 3.78. The standard InChI is InChI=1S/C19H17N3O2/c1-12-5-3-4-6-15(12)16-10-14-9-13(7-8-18(23)24-2)19(20)22-17(14)11-21-16/h3-11H,1-2H3,(H2,20,22). The van der Waals surface area contributed by atoms with Gasteiger partial charge in [-0.25, -0.2) is 9.78 Å². The van der Waals surface area contributed by atoms with E-state index >= 15 is 0 Å². The van der Waals surface area contributed by atoms with Crippen LogP contribution in [0.3, 0.4) is 0 Å². The predicted molar refractivity (Wildman–Crippen MR) is 95.2 cm³/mol. The van der Waals surface area contributed by atoms with Gasteiger partial charge in [0.15, 0.2) is 0 Å². The first-order valence-electron chi connectivity index (χ1n) is 7.47. The van der Waals surface area contributed by atoms with Gasteiger partial charge in [-0.05, 0) is 30.7 Å². The summed E-state index contributed by atoms with van der Waals surface area (Å²) < 4.78 is 4.59. The first kappa shape index (κ1) is 15.7. The summed E-state index contributed by atoms with van der Waals surface area (Å²) in [5.41, 5.74) is 10.4. The highest BCUT2D eigenvalue weighted by atomic mass is 16.5. The molecule has 0 atom stereocenters. The maximum Gasteiger partial charge on any atom is 0.330 e. The zero-order valence-corrected chi connectivity index (χ0v) is 13.5. The quantitative estimate of drug-likeness (QED) is 0.591. The Morgan fingerprint density at radius 1 is 1.25 bits per heavy atom. The zero-order chi connectivity index (χ0) is 17.1. The van der Waals surface area contributed by atoms with Crippen LogP contribution >= 0.6 is 0 Å². The maximum atomic E-state index is 11.3. The Hall–Kier alpha value is -3.21. The lowest BCUT2D eigenvalue weighted by Gasteiger charge is -2.08. The lowest BCUT2D eigenvalue weighted by Crippen LogP contribution is -1.98. The van der Waals surface area contributed by atoms with Gasteiger partial charge in [0.05, 0.1) is 24.5 Å². The molecule has 0 aliphatic carbocycles. The number of benzene rings is 1. The molecule has 0 bridgehead atoms. The SMILES string of the molecule is COC(=O)C=Cc1cc2cc(-c3ccccc3C)ncc2nc1N. The van der Waals surface area contributed by atoms with Crippen LogP contribution in [-0.4, -0.2) is 23.0 Å². The highest BCUT2D eigenvalue weighted by Gasteiger charge is 2.07. The zero-order valence-electron chi connectivity index (χ0n) is 13.5. The molecule has 1 aromatic carbocycles. The molecular weight excluding hydrogens is 302 g/mol. The fourth-order valence-corrected chi connectivity index (χ4v) is 2.48. The van der Waals surface area contributed by atoms with Gasteiger partial charge in [-0.15, -0.1) is 0 Å². The van der Waals surface area contributed by atoms with Crippen molar-refractivity contribution in [3.63, 3.8) is 0 Å². The van der Waals surface area contributed by atoms with Crippen molar-refractivity contribution < 1.29 is 9.53 Å². The highest BCUT2D eigenvalue weighted by Crippen LogP contribution is 2.26. The number of carbonyl (C=O) groups excluding carboxylic acids is 1. The minimum atomic E-state index is -0.440. The fourth-order valence-electron chi connectivity index (χ4n) is 2.48. The molecule has 2 aromatic heterocycles. The van der Waals surface area contributed by atoms with Gasteiger partial charge in [-0.1, -0.05) is 24.3 Å². The average Bonchev–Trinajstić information content (AvgIpc) is 2.59. The number of esters is 1. The van der Waals surface area contributed by atoms with Gasteiger partial charge in [-0.2, -0.15) is 0 Å². The number of fused-ring (bicyclic) bond motifs is 1. The van der Waals surface area contributed by atoms with E-state index in [0.717, 1.165) is 22.2 Å². The molecule has 2 heterocycles. The Balaban J connectivity index is 2.09. The summed E-state index contributed by atoms with van der Waals surface area (Å²) in [6, 6.07) is 11.9. The lowest BCUT2D eigenvalue weighted by atomic mass is 10.0. The maximum absolute atomic E-state index is 11.3. The number of ether oxygens (including phenoxy) is 1. The molecular formula is C19H17N3O2. The van der Waals surface area contributed by atoms with Crippen LogP contribution in [0.4, 0.5) is 5.82 Å². The Labute approximate surface area is 139 Å². The number of carbonyl (C=O) groups is 1. The number of hydrogen-bond donors (Lipinski definition) is 1. The van der Waals surface area contributed by atoms with Gasteiger partial charge in [-0.3, -0.25) is 4.98 Å². The van der Waals surface area contributed by atoms with Gasteiger partial charge in [0, 0.05) is 22.6 Å². The van der Waals surface area contributed by atoms with Crippen LogP contribution in [0.5, 0.6) is 0 Å². The third-order valence-corrected chi connectivity index (χ3v) is 3.78. The number of aryl methyl sites for hydroxylation is 1. The summed E-state index contributed by atoms with van der Waals surface area (Å²) in [6.07, 6.45) is 4.63. The number of rotatable bonds is 3. The minimum absolute atomic E-state index is 0.341. The van der Waals surface area contributed by atoms with Crippen molar-refractivity contribution in [3.8, 4) is 11.3 Å². The second-order valence-electron chi connectivity index (χ2n) is 5.40. The summed E-state index contributed by atoms with van der Waals surface area (Å²) in [5.74, 6) is -0.0991. The Morgan fingerprint density at radius 2 is 2.04 bits per heavy atom. The molecule has 0 aliphatic rings. The van der Waals surface area contributed by atoms with E-state index in [2.05, 4.69) is 14.7 Å². The van der Waals surface area contributed by atoms with Gasteiger partial charge in [0.1, 0.15) is 5.82 Å². The highest BCUT2D eigenvalue weighted by molar-refractivity contribution is 5.91. The molecule has 0 fully saturated rings. The van der Waals surface area contributed by atoms with Crippen LogP contribution in [0.2, 0.25) is 0 Å². The van der Waals surface area contributed by atoms with Gasteiger partial charge >= 0.3 is 5.97 Å². The molecule has 0 aliphatic heterocycles. The molecule has 3 aromatic rings. The number of anilines is 1. The molecule has 0 saturated carbocycles. The van der Waals surface area contributed by atoms with Gasteiger partial charge < -0.3 is 10.5 Å². The molecule has 5 nitrogen and oxygen atoms in total. The number of nitrogens with zero attached hydrogens (tertiary/aromatic N) is 2. The van der Waals surface area contributed by atoms with E-state index in [4.69, 9.17) is 5.73 Å². The van der Waals surface area contributed by atoms with Crippen LogP contribution in [0.25, 0.3) is 28.2 Å². The number of nitrogens with two attached hydrogens (primary N) is 1. The van der Waals surface area contributed by atoms with E-state index in [9.17, 15) is 4.79 Å². The number of aromatic nitrogens is 2. The Kier molecular flexibility index (Phi) is 4.24. The van der Waals surface area contributed by atoms with Crippen molar-refractivity contribution in [2.45, 2.75) is 6.92 Å². The number of nitrogen functional groups attached to an aromatic ring is 1. The van der Waals surface area contributed by atoms with Crippen molar-refractivity contribution in [2.75, 3.05) is 12.8 Å². The smallest absolute Gasteiger partial charge is 0.330 e. The van der Waals surface area contributed by atoms with Crippen LogP contribution in [0.15, 0.2) is 48.7 Å². The minimum Gasteiger partial charge on any atom is -0.466 e. The normalized spacial score (nSPS) is 11.1. The molecule has 0 unspecified atom stereocenters.